The number of benzene rings is 1. The van der Waals surface area contributed by atoms with Crippen LogP contribution in [0, 0.1) is 0 Å². The highest BCUT2D eigenvalue weighted by molar-refractivity contribution is 5.94. The van der Waals surface area contributed by atoms with E-state index in [9.17, 15) is 9.59 Å². The molecule has 3 rings (SSSR count). The highest BCUT2D eigenvalue weighted by Crippen LogP contribution is 2.18. The van der Waals surface area contributed by atoms with Gasteiger partial charge >= 0.3 is 5.97 Å². The van der Waals surface area contributed by atoms with Crippen molar-refractivity contribution in [1.29, 1.82) is 0 Å². The van der Waals surface area contributed by atoms with E-state index < -0.39 is 0 Å². The zero-order valence-corrected chi connectivity index (χ0v) is 15.4. The Kier molecular flexibility index (Phi) is 6.35. The van der Waals surface area contributed by atoms with Gasteiger partial charge in [-0.3, -0.25) is 4.79 Å². The molecule has 1 aliphatic rings. The summed E-state index contributed by atoms with van der Waals surface area (Å²) in [6.45, 7) is 0. The molecule has 0 atom stereocenters. The Bertz CT molecular complexity index is 767. The Labute approximate surface area is 158 Å². The van der Waals surface area contributed by atoms with Gasteiger partial charge in [-0.15, -0.1) is 0 Å². The molecule has 1 saturated carbocycles. The van der Waals surface area contributed by atoms with Crippen molar-refractivity contribution in [3.05, 3.63) is 47.8 Å². The van der Waals surface area contributed by atoms with Gasteiger partial charge < -0.3 is 15.4 Å². The van der Waals surface area contributed by atoms with Gasteiger partial charge in [-0.1, -0.05) is 25.7 Å². The van der Waals surface area contributed by atoms with E-state index in [4.69, 9.17) is 0 Å². The lowest BCUT2D eigenvalue weighted by molar-refractivity contribution is 0.0600. The van der Waals surface area contributed by atoms with E-state index >= 15 is 0 Å². The summed E-state index contributed by atoms with van der Waals surface area (Å²) in [5.41, 5.74) is 1.65. The summed E-state index contributed by atoms with van der Waals surface area (Å²) in [5.74, 6) is -0.135. The minimum atomic E-state index is -0.387. The number of hydrogen-bond acceptors (Lipinski definition) is 6. The van der Waals surface area contributed by atoms with Crippen LogP contribution in [0.3, 0.4) is 0 Å². The Balaban J connectivity index is 1.58. The summed E-state index contributed by atoms with van der Waals surface area (Å²) in [4.78, 5) is 32.2. The number of carbonyl (C=O) groups excluding carboxylic acids is 2. The van der Waals surface area contributed by atoms with Crippen molar-refractivity contribution in [2.75, 3.05) is 12.4 Å². The first-order chi connectivity index (χ1) is 13.2. The first kappa shape index (κ1) is 18.8. The summed E-state index contributed by atoms with van der Waals surface area (Å²) < 4.78 is 4.67. The topological polar surface area (TPSA) is 93.2 Å². The summed E-state index contributed by atoms with van der Waals surface area (Å²) in [5, 5.41) is 6.12. The van der Waals surface area contributed by atoms with Gasteiger partial charge in [0.25, 0.3) is 5.91 Å². The van der Waals surface area contributed by atoms with Crippen LogP contribution >= 0.6 is 0 Å². The molecule has 27 heavy (non-hydrogen) atoms. The molecule has 1 heterocycles. The first-order valence-corrected chi connectivity index (χ1v) is 9.24. The maximum Gasteiger partial charge on any atom is 0.337 e. The number of amides is 1. The molecule has 2 aromatic rings. The van der Waals surface area contributed by atoms with Gasteiger partial charge in [0.2, 0.25) is 5.95 Å². The van der Waals surface area contributed by atoms with Gasteiger partial charge in [-0.05, 0) is 37.1 Å². The number of nitrogens with zero attached hydrogens (tertiary/aromatic N) is 2. The fourth-order valence-electron chi connectivity index (χ4n) is 3.14. The molecule has 1 aromatic carbocycles. The Morgan fingerprint density at radius 3 is 2.19 bits per heavy atom. The number of anilines is 2. The maximum absolute atomic E-state index is 12.4. The predicted octanol–water partition coefficient (Wildman–Crippen LogP) is 3.46. The van der Waals surface area contributed by atoms with Crippen molar-refractivity contribution in [3.8, 4) is 0 Å². The average Bonchev–Trinajstić information content (AvgIpc) is 2.97. The van der Waals surface area contributed by atoms with Crippen molar-refractivity contribution in [2.24, 2.45) is 0 Å². The molecular weight excluding hydrogens is 344 g/mol. The lowest BCUT2D eigenvalue weighted by atomic mass is 10.1. The molecule has 0 bridgehead atoms. The lowest BCUT2D eigenvalue weighted by Crippen LogP contribution is -2.34. The van der Waals surface area contributed by atoms with Crippen LogP contribution in [0.2, 0.25) is 0 Å². The van der Waals surface area contributed by atoms with Crippen LogP contribution in [0.15, 0.2) is 36.7 Å². The monoisotopic (exact) mass is 368 g/mol. The van der Waals surface area contributed by atoms with E-state index in [0.29, 0.717) is 17.1 Å². The SMILES string of the molecule is COC(=O)c1ccc(Nc2ncc(C(=O)NC3CCCCCC3)cn2)cc1. The Hall–Kier alpha value is -2.96. The molecule has 1 fully saturated rings. The molecule has 0 spiro atoms. The number of nitrogens with one attached hydrogen (secondary N) is 2. The van der Waals surface area contributed by atoms with Crippen LogP contribution in [-0.2, 0) is 4.74 Å². The second-order valence-electron chi connectivity index (χ2n) is 6.65. The van der Waals surface area contributed by atoms with Gasteiger partial charge in [-0.2, -0.15) is 0 Å². The molecule has 1 aromatic heterocycles. The second kappa shape index (κ2) is 9.12. The van der Waals surface area contributed by atoms with E-state index in [2.05, 4.69) is 25.3 Å². The molecule has 7 nitrogen and oxygen atoms in total. The molecule has 1 aliphatic carbocycles. The number of carbonyl (C=O) groups is 2. The maximum atomic E-state index is 12.4. The van der Waals surface area contributed by atoms with Crippen molar-refractivity contribution in [2.45, 2.75) is 44.6 Å². The van der Waals surface area contributed by atoms with Crippen molar-refractivity contribution in [3.63, 3.8) is 0 Å². The number of rotatable bonds is 5. The van der Waals surface area contributed by atoms with E-state index in [-0.39, 0.29) is 17.9 Å². The molecular formula is C20H24N4O3. The zero-order chi connectivity index (χ0) is 19.1. The first-order valence-electron chi connectivity index (χ1n) is 9.24. The van der Waals surface area contributed by atoms with E-state index in [0.717, 1.165) is 18.5 Å². The van der Waals surface area contributed by atoms with Crippen LogP contribution in [0.4, 0.5) is 11.6 Å². The van der Waals surface area contributed by atoms with Gasteiger partial charge in [0.05, 0.1) is 18.2 Å². The molecule has 2 N–H and O–H groups in total. The normalized spacial score (nSPS) is 14.9. The standard InChI is InChI=1S/C20H24N4O3/c1-27-19(26)14-8-10-17(11-9-14)24-20-21-12-15(13-22-20)18(25)23-16-6-4-2-3-5-7-16/h8-13,16H,2-7H2,1H3,(H,23,25)(H,21,22,24). The number of aromatic nitrogens is 2. The van der Waals surface area contributed by atoms with Crippen LogP contribution in [0.1, 0.15) is 59.2 Å². The third-order valence-electron chi connectivity index (χ3n) is 4.67. The number of ether oxygens (including phenoxy) is 1. The fourth-order valence-corrected chi connectivity index (χ4v) is 3.14. The van der Waals surface area contributed by atoms with Crippen LogP contribution in [0.5, 0.6) is 0 Å². The number of esters is 1. The summed E-state index contributed by atoms with van der Waals surface area (Å²) >= 11 is 0. The Morgan fingerprint density at radius 1 is 0.963 bits per heavy atom. The predicted molar refractivity (Wildman–Crippen MR) is 102 cm³/mol. The molecule has 0 radical (unpaired) electrons. The quantitative estimate of drug-likeness (QED) is 0.620. The Morgan fingerprint density at radius 2 is 1.59 bits per heavy atom. The van der Waals surface area contributed by atoms with Crippen molar-refractivity contribution < 1.29 is 14.3 Å². The lowest BCUT2D eigenvalue weighted by Gasteiger charge is -2.16. The van der Waals surface area contributed by atoms with Crippen molar-refractivity contribution >= 4 is 23.5 Å². The number of hydrogen-bond donors (Lipinski definition) is 2. The minimum absolute atomic E-state index is 0.129. The van der Waals surface area contributed by atoms with E-state index in [1.54, 1.807) is 24.3 Å². The van der Waals surface area contributed by atoms with Crippen LogP contribution in [-0.4, -0.2) is 35.0 Å². The van der Waals surface area contributed by atoms with Gasteiger partial charge in [0.15, 0.2) is 0 Å². The average molecular weight is 368 g/mol. The molecule has 7 heteroatoms. The highest BCUT2D eigenvalue weighted by atomic mass is 16.5. The summed E-state index contributed by atoms with van der Waals surface area (Å²) in [6.07, 6.45) is 9.93. The molecule has 1 amide bonds. The molecule has 0 aliphatic heterocycles. The van der Waals surface area contributed by atoms with Gasteiger partial charge in [0, 0.05) is 24.1 Å². The van der Waals surface area contributed by atoms with Gasteiger partial charge in [0.1, 0.15) is 0 Å². The summed E-state index contributed by atoms with van der Waals surface area (Å²) in [6, 6.07) is 7.03. The van der Waals surface area contributed by atoms with Crippen LogP contribution in [0.25, 0.3) is 0 Å². The molecule has 0 unspecified atom stereocenters. The van der Waals surface area contributed by atoms with E-state index in [1.807, 2.05) is 0 Å². The van der Waals surface area contributed by atoms with Crippen molar-refractivity contribution in [1.82, 2.24) is 15.3 Å². The molecule has 142 valence electrons. The highest BCUT2D eigenvalue weighted by Gasteiger charge is 2.16. The third-order valence-corrected chi connectivity index (χ3v) is 4.67. The summed E-state index contributed by atoms with van der Waals surface area (Å²) in [7, 11) is 1.34. The zero-order valence-electron chi connectivity index (χ0n) is 15.4. The minimum Gasteiger partial charge on any atom is -0.465 e. The largest absolute Gasteiger partial charge is 0.465 e. The fraction of sp³-hybridized carbons (Fsp3) is 0.400. The van der Waals surface area contributed by atoms with E-state index in [1.165, 1.54) is 45.2 Å². The third kappa shape index (κ3) is 5.26. The van der Waals surface area contributed by atoms with Gasteiger partial charge in [-0.25, -0.2) is 14.8 Å². The van der Waals surface area contributed by atoms with Crippen LogP contribution < -0.4 is 10.6 Å². The molecule has 0 saturated heterocycles. The smallest absolute Gasteiger partial charge is 0.337 e. The number of methoxy groups -OCH3 is 1. The second-order valence-corrected chi connectivity index (χ2v) is 6.65.